The van der Waals surface area contributed by atoms with Crippen LogP contribution < -0.4 is 10.2 Å². The maximum atomic E-state index is 10.0. The van der Waals surface area contributed by atoms with E-state index < -0.39 is 0 Å². The summed E-state index contributed by atoms with van der Waals surface area (Å²) >= 11 is 0. The minimum atomic E-state index is 0. The summed E-state index contributed by atoms with van der Waals surface area (Å²) in [5.41, 5.74) is 0.923. The average Bonchev–Trinajstić information content (AvgIpc) is 3.44. The minimum Gasteiger partial charge on any atom is -0.506 e. The standard InChI is InChI=1S/C19H31N5O.HI/c1-20-19(21-14-17(22(2)3)15-8-9-15)24-12-10-23(11-13-24)16-6-4-5-7-18(16)25;/h4-7,15,17,25H,8-14H2,1-3H3,(H,20,21);1H. The highest BCUT2D eigenvalue weighted by molar-refractivity contribution is 14.0. The maximum Gasteiger partial charge on any atom is 0.193 e. The number of phenols is 1. The number of hydrogen-bond acceptors (Lipinski definition) is 4. The number of para-hydroxylation sites is 2. The van der Waals surface area contributed by atoms with Gasteiger partial charge in [0.25, 0.3) is 0 Å². The van der Waals surface area contributed by atoms with Crippen molar-refractivity contribution in [3.63, 3.8) is 0 Å². The number of rotatable bonds is 5. The van der Waals surface area contributed by atoms with Gasteiger partial charge in [-0.15, -0.1) is 24.0 Å². The fourth-order valence-corrected chi connectivity index (χ4v) is 3.67. The Morgan fingerprint density at radius 3 is 2.42 bits per heavy atom. The van der Waals surface area contributed by atoms with Crippen molar-refractivity contribution in [1.29, 1.82) is 0 Å². The van der Waals surface area contributed by atoms with Crippen molar-refractivity contribution < 1.29 is 5.11 Å². The van der Waals surface area contributed by atoms with Crippen LogP contribution in [0.15, 0.2) is 29.3 Å². The molecule has 26 heavy (non-hydrogen) atoms. The van der Waals surface area contributed by atoms with Crippen molar-refractivity contribution in [3.8, 4) is 5.75 Å². The average molecular weight is 473 g/mol. The van der Waals surface area contributed by atoms with Crippen molar-refractivity contribution in [2.24, 2.45) is 10.9 Å². The van der Waals surface area contributed by atoms with E-state index in [-0.39, 0.29) is 24.0 Å². The molecule has 1 aliphatic carbocycles. The Morgan fingerprint density at radius 1 is 1.23 bits per heavy atom. The number of nitrogens with zero attached hydrogens (tertiary/aromatic N) is 4. The van der Waals surface area contributed by atoms with Gasteiger partial charge in [0.05, 0.1) is 5.69 Å². The summed E-state index contributed by atoms with van der Waals surface area (Å²) in [6.45, 7) is 4.54. The van der Waals surface area contributed by atoms with Crippen LogP contribution in [0.3, 0.4) is 0 Å². The number of halogens is 1. The van der Waals surface area contributed by atoms with Crippen LogP contribution >= 0.6 is 24.0 Å². The molecule has 0 bridgehead atoms. The second-order valence-electron chi connectivity index (χ2n) is 7.26. The van der Waals surface area contributed by atoms with Gasteiger partial charge in [0.2, 0.25) is 0 Å². The number of piperazine rings is 1. The van der Waals surface area contributed by atoms with Crippen LogP contribution in [0.25, 0.3) is 0 Å². The Bertz CT molecular complexity index is 595. The number of guanidine groups is 1. The number of aliphatic imine (C=N–C) groups is 1. The highest BCUT2D eigenvalue weighted by atomic mass is 127. The monoisotopic (exact) mass is 473 g/mol. The van der Waals surface area contributed by atoms with Crippen LogP contribution in [0.4, 0.5) is 5.69 Å². The zero-order chi connectivity index (χ0) is 17.8. The van der Waals surface area contributed by atoms with Gasteiger partial charge in [-0.25, -0.2) is 0 Å². The number of anilines is 1. The largest absolute Gasteiger partial charge is 0.506 e. The Kier molecular flexibility index (Phi) is 7.82. The van der Waals surface area contributed by atoms with E-state index in [4.69, 9.17) is 0 Å². The first-order valence-corrected chi connectivity index (χ1v) is 9.25. The molecule has 2 fully saturated rings. The molecule has 1 aromatic rings. The van der Waals surface area contributed by atoms with Crippen molar-refractivity contribution in [2.75, 3.05) is 58.8 Å². The third-order valence-electron chi connectivity index (χ3n) is 5.31. The van der Waals surface area contributed by atoms with Crippen LogP contribution in [0.2, 0.25) is 0 Å². The summed E-state index contributed by atoms with van der Waals surface area (Å²) in [6.07, 6.45) is 2.70. The van der Waals surface area contributed by atoms with E-state index in [9.17, 15) is 5.11 Å². The topological polar surface area (TPSA) is 54.3 Å². The third kappa shape index (κ3) is 5.16. The second-order valence-corrected chi connectivity index (χ2v) is 7.26. The molecule has 1 heterocycles. The van der Waals surface area contributed by atoms with Gasteiger partial charge in [-0.2, -0.15) is 0 Å². The number of phenolic OH excluding ortho intramolecular Hbond substituents is 1. The van der Waals surface area contributed by atoms with Gasteiger partial charge in [-0.1, -0.05) is 12.1 Å². The molecule has 2 N–H and O–H groups in total. The predicted molar refractivity (Wildman–Crippen MR) is 119 cm³/mol. The molecule has 1 saturated carbocycles. The predicted octanol–water partition coefficient (Wildman–Crippen LogP) is 2.05. The number of likely N-dealkylation sites (N-methyl/N-ethyl adjacent to an activating group) is 1. The molecule has 2 aliphatic rings. The molecule has 1 aliphatic heterocycles. The minimum absolute atomic E-state index is 0. The molecule has 3 rings (SSSR count). The van der Waals surface area contributed by atoms with Gasteiger partial charge in [-0.3, -0.25) is 4.99 Å². The Morgan fingerprint density at radius 2 is 1.88 bits per heavy atom. The molecule has 0 amide bonds. The van der Waals surface area contributed by atoms with E-state index in [1.54, 1.807) is 6.07 Å². The Balaban J connectivity index is 0.00000243. The highest BCUT2D eigenvalue weighted by Gasteiger charge is 2.33. The van der Waals surface area contributed by atoms with Crippen LogP contribution in [-0.4, -0.2) is 80.8 Å². The summed E-state index contributed by atoms with van der Waals surface area (Å²) in [5, 5.41) is 13.6. The molecule has 0 aromatic heterocycles. The third-order valence-corrected chi connectivity index (χ3v) is 5.31. The molecule has 1 unspecified atom stereocenters. The smallest absolute Gasteiger partial charge is 0.193 e. The van der Waals surface area contributed by atoms with Gasteiger partial charge in [0.1, 0.15) is 5.75 Å². The van der Waals surface area contributed by atoms with Crippen molar-refractivity contribution in [3.05, 3.63) is 24.3 Å². The van der Waals surface area contributed by atoms with E-state index in [2.05, 4.69) is 39.1 Å². The van der Waals surface area contributed by atoms with E-state index in [0.29, 0.717) is 11.8 Å². The van der Waals surface area contributed by atoms with Gasteiger partial charge in [0.15, 0.2) is 5.96 Å². The van der Waals surface area contributed by atoms with Gasteiger partial charge in [-0.05, 0) is 45.0 Å². The summed E-state index contributed by atoms with van der Waals surface area (Å²) < 4.78 is 0. The van der Waals surface area contributed by atoms with Crippen LogP contribution in [-0.2, 0) is 0 Å². The lowest BCUT2D eigenvalue weighted by atomic mass is 10.1. The van der Waals surface area contributed by atoms with Crippen molar-refractivity contribution >= 4 is 35.6 Å². The normalized spacial score (nSPS) is 19.3. The zero-order valence-electron chi connectivity index (χ0n) is 16.1. The quantitative estimate of drug-likeness (QED) is 0.390. The second kappa shape index (κ2) is 9.64. The first-order chi connectivity index (χ1) is 12.1. The Labute approximate surface area is 174 Å². The lowest BCUT2D eigenvalue weighted by Gasteiger charge is -2.38. The van der Waals surface area contributed by atoms with E-state index >= 15 is 0 Å². The molecule has 1 atom stereocenters. The fourth-order valence-electron chi connectivity index (χ4n) is 3.67. The number of benzene rings is 1. The van der Waals surface area contributed by atoms with Gasteiger partial charge >= 0.3 is 0 Å². The maximum absolute atomic E-state index is 10.0. The van der Waals surface area contributed by atoms with E-state index in [1.807, 2.05) is 25.2 Å². The molecule has 7 heteroatoms. The molecule has 6 nitrogen and oxygen atoms in total. The first-order valence-electron chi connectivity index (χ1n) is 9.25. The number of aromatic hydroxyl groups is 1. The highest BCUT2D eigenvalue weighted by Crippen LogP contribution is 2.34. The van der Waals surface area contributed by atoms with Crippen molar-refractivity contribution in [1.82, 2.24) is 15.1 Å². The number of hydrogen-bond donors (Lipinski definition) is 2. The van der Waals surface area contributed by atoms with Gasteiger partial charge in [0, 0.05) is 45.8 Å². The first kappa shape index (κ1) is 21.1. The summed E-state index contributed by atoms with van der Waals surface area (Å²) in [5.74, 6) is 2.18. The molecule has 1 saturated heterocycles. The molecule has 1 aromatic carbocycles. The van der Waals surface area contributed by atoms with Crippen LogP contribution in [0, 0.1) is 5.92 Å². The summed E-state index contributed by atoms with van der Waals surface area (Å²) in [7, 11) is 6.19. The molecule has 0 spiro atoms. The van der Waals surface area contributed by atoms with Crippen molar-refractivity contribution in [2.45, 2.75) is 18.9 Å². The molecular formula is C19H32IN5O. The van der Waals surface area contributed by atoms with Gasteiger partial charge < -0.3 is 25.1 Å². The van der Waals surface area contributed by atoms with E-state index in [0.717, 1.165) is 50.3 Å². The number of nitrogens with one attached hydrogen (secondary N) is 1. The summed E-state index contributed by atoms with van der Waals surface area (Å²) in [4.78, 5) is 11.4. The van der Waals surface area contributed by atoms with E-state index in [1.165, 1.54) is 12.8 Å². The zero-order valence-corrected chi connectivity index (χ0v) is 18.4. The summed E-state index contributed by atoms with van der Waals surface area (Å²) in [6, 6.07) is 8.15. The lowest BCUT2D eigenvalue weighted by Crippen LogP contribution is -2.54. The molecule has 146 valence electrons. The SMILES string of the molecule is CN=C(NCC(C1CC1)N(C)C)N1CCN(c2ccccc2O)CC1.I. The molecular weight excluding hydrogens is 441 g/mol. The lowest BCUT2D eigenvalue weighted by molar-refractivity contribution is 0.260. The molecule has 0 radical (unpaired) electrons. The van der Waals surface area contributed by atoms with Crippen LogP contribution in [0.1, 0.15) is 12.8 Å². The Hall–Kier alpha value is -1.22. The fraction of sp³-hybridized carbons (Fsp3) is 0.632. The van der Waals surface area contributed by atoms with Crippen LogP contribution in [0.5, 0.6) is 5.75 Å².